The predicted octanol–water partition coefficient (Wildman–Crippen LogP) is 2.75. The molecule has 0 heterocycles. The highest BCUT2D eigenvalue weighted by Gasteiger charge is 2.27. The zero-order chi connectivity index (χ0) is 14.8. The van der Waals surface area contributed by atoms with Crippen molar-refractivity contribution in [3.8, 4) is 5.75 Å². The fraction of sp³-hybridized carbons (Fsp3) is 0.385. The number of nitro groups is 1. The van der Waals surface area contributed by atoms with Gasteiger partial charge in [-0.15, -0.1) is 0 Å². The van der Waals surface area contributed by atoms with E-state index in [1.54, 1.807) is 20.8 Å². The van der Waals surface area contributed by atoms with Crippen LogP contribution in [0.5, 0.6) is 5.75 Å². The summed E-state index contributed by atoms with van der Waals surface area (Å²) in [4.78, 5) is 33.1. The van der Waals surface area contributed by atoms with Crippen molar-refractivity contribution in [1.82, 2.24) is 0 Å². The van der Waals surface area contributed by atoms with E-state index in [-0.39, 0.29) is 17.1 Å². The van der Waals surface area contributed by atoms with Gasteiger partial charge in [-0.25, -0.2) is 0 Å². The number of hydrogen-bond acceptors (Lipinski definition) is 5. The fourth-order valence-corrected chi connectivity index (χ4v) is 1.22. The third-order valence-electron chi connectivity index (χ3n) is 2.38. The Bertz CT molecular complexity index is 542. The van der Waals surface area contributed by atoms with Gasteiger partial charge in [0.25, 0.3) is 0 Å². The number of benzene rings is 1. The highest BCUT2D eigenvalue weighted by molar-refractivity contribution is 5.95. The number of esters is 1. The fourth-order valence-electron chi connectivity index (χ4n) is 1.22. The first kappa shape index (κ1) is 14.8. The molecule has 0 fully saturated rings. The molecule has 1 rings (SSSR count). The molecule has 0 amide bonds. The maximum atomic E-state index is 11.7. The molecule has 19 heavy (non-hydrogen) atoms. The lowest BCUT2D eigenvalue weighted by atomic mass is 9.97. The lowest BCUT2D eigenvalue weighted by molar-refractivity contribution is -0.385. The van der Waals surface area contributed by atoms with Crippen molar-refractivity contribution in [2.24, 2.45) is 5.41 Å². The summed E-state index contributed by atoms with van der Waals surface area (Å²) in [5, 5.41) is 10.9. The van der Waals surface area contributed by atoms with Crippen LogP contribution in [0.3, 0.4) is 0 Å². The Morgan fingerprint density at radius 3 is 2.26 bits per heavy atom. The van der Waals surface area contributed by atoms with Gasteiger partial charge in [0.15, 0.2) is 5.78 Å². The maximum absolute atomic E-state index is 11.7. The van der Waals surface area contributed by atoms with Crippen LogP contribution in [0.15, 0.2) is 18.2 Å². The second kappa shape index (κ2) is 5.17. The van der Waals surface area contributed by atoms with Crippen molar-refractivity contribution in [1.29, 1.82) is 0 Å². The Morgan fingerprint density at radius 2 is 1.84 bits per heavy atom. The van der Waals surface area contributed by atoms with Crippen molar-refractivity contribution < 1.29 is 19.2 Å². The van der Waals surface area contributed by atoms with Crippen LogP contribution in [-0.4, -0.2) is 16.7 Å². The lowest BCUT2D eigenvalue weighted by Crippen LogP contribution is -2.25. The molecule has 0 atom stereocenters. The summed E-state index contributed by atoms with van der Waals surface area (Å²) in [7, 11) is 0. The summed E-state index contributed by atoms with van der Waals surface area (Å²) in [6.45, 7) is 6.24. The van der Waals surface area contributed by atoms with E-state index in [1.165, 1.54) is 19.1 Å². The number of hydrogen-bond donors (Lipinski definition) is 0. The Labute approximate surface area is 110 Å². The molecule has 0 unspecified atom stereocenters. The van der Waals surface area contributed by atoms with E-state index >= 15 is 0 Å². The number of ketones is 1. The van der Waals surface area contributed by atoms with Crippen molar-refractivity contribution >= 4 is 17.4 Å². The van der Waals surface area contributed by atoms with E-state index in [0.29, 0.717) is 0 Å². The summed E-state index contributed by atoms with van der Waals surface area (Å²) in [6, 6.07) is 3.76. The molecule has 0 radical (unpaired) electrons. The standard InChI is InChI=1S/C13H15NO5/c1-8(15)9-5-6-11(10(7-9)14(17)18)19-12(16)13(2,3)4/h5-7H,1-4H3. The van der Waals surface area contributed by atoms with Crippen molar-refractivity contribution in [2.75, 3.05) is 0 Å². The molecule has 6 heteroatoms. The third kappa shape index (κ3) is 3.61. The van der Waals surface area contributed by atoms with E-state index in [9.17, 15) is 19.7 Å². The monoisotopic (exact) mass is 265 g/mol. The number of nitro benzene ring substituents is 1. The van der Waals surface area contributed by atoms with E-state index in [2.05, 4.69) is 0 Å². The van der Waals surface area contributed by atoms with E-state index < -0.39 is 22.0 Å². The van der Waals surface area contributed by atoms with Crippen LogP contribution in [-0.2, 0) is 4.79 Å². The highest BCUT2D eigenvalue weighted by atomic mass is 16.6. The molecule has 102 valence electrons. The number of carbonyl (C=O) groups excluding carboxylic acids is 2. The number of rotatable bonds is 3. The minimum Gasteiger partial charge on any atom is -0.419 e. The van der Waals surface area contributed by atoms with Gasteiger partial charge in [0.2, 0.25) is 5.75 Å². The minimum atomic E-state index is -0.771. The van der Waals surface area contributed by atoms with Crippen LogP contribution in [0.25, 0.3) is 0 Å². The van der Waals surface area contributed by atoms with Crippen LogP contribution < -0.4 is 4.74 Å². The lowest BCUT2D eigenvalue weighted by Gasteiger charge is -2.16. The molecule has 0 saturated carbocycles. The zero-order valence-electron chi connectivity index (χ0n) is 11.2. The zero-order valence-corrected chi connectivity index (χ0v) is 11.2. The molecular formula is C13H15NO5. The van der Waals surface area contributed by atoms with Crippen LogP contribution >= 0.6 is 0 Å². The largest absolute Gasteiger partial charge is 0.419 e. The minimum absolute atomic E-state index is 0.157. The van der Waals surface area contributed by atoms with Gasteiger partial charge in [-0.2, -0.15) is 0 Å². The average Bonchev–Trinajstić information content (AvgIpc) is 2.27. The average molecular weight is 265 g/mol. The molecule has 0 bridgehead atoms. The Balaban J connectivity index is 3.18. The molecule has 0 saturated heterocycles. The third-order valence-corrected chi connectivity index (χ3v) is 2.38. The number of ether oxygens (including phenoxy) is 1. The first-order chi connectivity index (χ1) is 8.62. The summed E-state index contributed by atoms with van der Waals surface area (Å²) in [6.07, 6.45) is 0. The van der Waals surface area contributed by atoms with Gasteiger partial charge in [0, 0.05) is 11.6 Å². The van der Waals surface area contributed by atoms with Gasteiger partial charge in [0.05, 0.1) is 10.3 Å². The van der Waals surface area contributed by atoms with Gasteiger partial charge in [-0.05, 0) is 39.8 Å². The number of Topliss-reactive ketones (excluding diaryl/α,β-unsaturated/α-hetero) is 1. The van der Waals surface area contributed by atoms with Crippen LogP contribution in [0.2, 0.25) is 0 Å². The van der Waals surface area contributed by atoms with Crippen molar-refractivity contribution in [2.45, 2.75) is 27.7 Å². The van der Waals surface area contributed by atoms with E-state index in [4.69, 9.17) is 4.74 Å². The first-order valence-electron chi connectivity index (χ1n) is 5.64. The van der Waals surface area contributed by atoms with Crippen LogP contribution in [0.4, 0.5) is 5.69 Å². The molecule has 0 aliphatic rings. The van der Waals surface area contributed by atoms with Gasteiger partial charge >= 0.3 is 11.7 Å². The second-order valence-corrected chi connectivity index (χ2v) is 5.14. The molecule has 1 aromatic carbocycles. The summed E-state index contributed by atoms with van der Waals surface area (Å²) >= 11 is 0. The second-order valence-electron chi connectivity index (χ2n) is 5.14. The number of carbonyl (C=O) groups is 2. The van der Waals surface area contributed by atoms with Gasteiger partial charge in [-0.1, -0.05) is 0 Å². The maximum Gasteiger partial charge on any atom is 0.316 e. The molecule has 0 aliphatic carbocycles. The Hall–Kier alpha value is -2.24. The van der Waals surface area contributed by atoms with Crippen LogP contribution in [0, 0.1) is 15.5 Å². The van der Waals surface area contributed by atoms with Gasteiger partial charge in [0.1, 0.15) is 0 Å². The predicted molar refractivity (Wildman–Crippen MR) is 68.2 cm³/mol. The molecular weight excluding hydrogens is 250 g/mol. The Kier molecular flexibility index (Phi) is 4.04. The normalized spacial score (nSPS) is 10.9. The molecule has 1 aromatic rings. The van der Waals surface area contributed by atoms with E-state index in [0.717, 1.165) is 6.07 Å². The molecule has 6 nitrogen and oxygen atoms in total. The summed E-state index contributed by atoms with van der Waals surface area (Å²) in [5.41, 5.74) is -0.972. The highest BCUT2D eigenvalue weighted by Crippen LogP contribution is 2.30. The van der Waals surface area contributed by atoms with Crippen molar-refractivity contribution in [3.63, 3.8) is 0 Å². The molecule has 0 spiro atoms. The van der Waals surface area contributed by atoms with Crippen LogP contribution in [0.1, 0.15) is 38.1 Å². The van der Waals surface area contributed by atoms with Gasteiger partial charge in [-0.3, -0.25) is 19.7 Å². The molecule has 0 aromatic heterocycles. The first-order valence-corrected chi connectivity index (χ1v) is 5.64. The quantitative estimate of drug-likeness (QED) is 0.276. The summed E-state index contributed by atoms with van der Waals surface area (Å²) < 4.78 is 5.01. The summed E-state index contributed by atoms with van der Waals surface area (Å²) in [5.74, 6) is -1.03. The van der Waals surface area contributed by atoms with Crippen molar-refractivity contribution in [3.05, 3.63) is 33.9 Å². The topological polar surface area (TPSA) is 86.5 Å². The SMILES string of the molecule is CC(=O)c1ccc(OC(=O)C(C)(C)C)c([N+](=O)[O-])c1. The molecule has 0 aliphatic heterocycles. The Morgan fingerprint density at radius 1 is 1.26 bits per heavy atom. The smallest absolute Gasteiger partial charge is 0.316 e. The number of nitrogens with zero attached hydrogens (tertiary/aromatic N) is 1. The van der Waals surface area contributed by atoms with E-state index in [1.807, 2.05) is 0 Å². The molecule has 0 N–H and O–H groups in total. The van der Waals surface area contributed by atoms with Gasteiger partial charge < -0.3 is 4.74 Å².